The fourth-order valence-electron chi connectivity index (χ4n) is 4.21. The van der Waals surface area contributed by atoms with Crippen LogP contribution < -0.4 is 16.0 Å². The molecule has 0 radical (unpaired) electrons. The zero-order valence-corrected chi connectivity index (χ0v) is 20.1. The zero-order chi connectivity index (χ0) is 24.5. The van der Waals surface area contributed by atoms with E-state index in [0.29, 0.717) is 28.5 Å². The summed E-state index contributed by atoms with van der Waals surface area (Å²) in [5, 5.41) is 0.479. The van der Waals surface area contributed by atoms with Crippen molar-refractivity contribution >= 4 is 22.8 Å². The zero-order valence-electron chi connectivity index (χ0n) is 19.3. The van der Waals surface area contributed by atoms with E-state index < -0.39 is 11.2 Å². The third-order valence-electron chi connectivity index (χ3n) is 6.04. The molecule has 0 fully saturated rings. The minimum atomic E-state index is -0.492. The van der Waals surface area contributed by atoms with E-state index in [2.05, 4.69) is 4.98 Å². The van der Waals surface area contributed by atoms with Gasteiger partial charge in [-0.05, 0) is 53.9 Å². The second kappa shape index (κ2) is 9.27. The number of benzene rings is 3. The van der Waals surface area contributed by atoms with Crippen LogP contribution in [0, 0.1) is 6.92 Å². The average molecular weight is 487 g/mol. The van der Waals surface area contributed by atoms with Crippen LogP contribution >= 0.6 is 11.6 Å². The summed E-state index contributed by atoms with van der Waals surface area (Å²) in [6.45, 7) is 2.56. The van der Waals surface area contributed by atoms with Gasteiger partial charge in [0.05, 0.1) is 25.7 Å². The molecule has 0 N–H and O–H groups in total. The Labute approximate surface area is 206 Å². The molecule has 0 aliphatic carbocycles. The lowest BCUT2D eigenvalue weighted by molar-refractivity contribution is 0.414. The predicted octanol–water partition coefficient (Wildman–Crippen LogP) is 4.42. The third-order valence-corrected chi connectivity index (χ3v) is 6.28. The van der Waals surface area contributed by atoms with E-state index in [1.165, 1.54) is 9.13 Å². The van der Waals surface area contributed by atoms with Crippen LogP contribution in [0.4, 0.5) is 0 Å². The Bertz CT molecular complexity index is 1670. The molecule has 8 heteroatoms. The van der Waals surface area contributed by atoms with Crippen LogP contribution in [0.25, 0.3) is 16.9 Å². The summed E-state index contributed by atoms with van der Waals surface area (Å²) in [5.41, 5.74) is 3.21. The molecule has 5 aromatic rings. The van der Waals surface area contributed by atoms with Crippen molar-refractivity contribution in [2.75, 3.05) is 7.11 Å². The van der Waals surface area contributed by atoms with Crippen molar-refractivity contribution < 1.29 is 4.74 Å². The van der Waals surface area contributed by atoms with Crippen molar-refractivity contribution in [1.29, 1.82) is 0 Å². The first-order valence-corrected chi connectivity index (χ1v) is 11.5. The van der Waals surface area contributed by atoms with Crippen LogP contribution in [-0.2, 0) is 13.1 Å². The van der Waals surface area contributed by atoms with Crippen molar-refractivity contribution in [3.63, 3.8) is 0 Å². The Kier molecular flexibility index (Phi) is 6.01. The minimum Gasteiger partial charge on any atom is -0.497 e. The number of methoxy groups -OCH3 is 1. The smallest absolute Gasteiger partial charge is 0.337 e. The van der Waals surface area contributed by atoms with Crippen molar-refractivity contribution in [3.8, 4) is 11.4 Å². The van der Waals surface area contributed by atoms with Crippen molar-refractivity contribution in [2.45, 2.75) is 20.0 Å². The van der Waals surface area contributed by atoms with Gasteiger partial charge in [0.1, 0.15) is 5.75 Å². The molecule has 35 heavy (non-hydrogen) atoms. The molecule has 0 bridgehead atoms. The lowest BCUT2D eigenvalue weighted by Gasteiger charge is -2.14. The minimum absolute atomic E-state index is 0.0842. The molecule has 5 rings (SSSR count). The Morgan fingerprint density at radius 3 is 2.51 bits per heavy atom. The Hall–Kier alpha value is -4.10. The summed E-state index contributed by atoms with van der Waals surface area (Å²) >= 11 is 6.24. The molecule has 0 unspecified atom stereocenters. The van der Waals surface area contributed by atoms with E-state index in [1.807, 2.05) is 55.5 Å². The third kappa shape index (κ3) is 4.26. The van der Waals surface area contributed by atoms with E-state index in [9.17, 15) is 9.59 Å². The van der Waals surface area contributed by atoms with Gasteiger partial charge in [-0.1, -0.05) is 54.1 Å². The second-order valence-electron chi connectivity index (χ2n) is 8.31. The Balaban J connectivity index is 1.76. The maximum Gasteiger partial charge on any atom is 0.337 e. The highest BCUT2D eigenvalue weighted by molar-refractivity contribution is 6.30. The summed E-state index contributed by atoms with van der Waals surface area (Å²) in [6.07, 6.45) is 1.61. The summed E-state index contributed by atoms with van der Waals surface area (Å²) < 4.78 is 9.78. The monoisotopic (exact) mass is 486 g/mol. The largest absolute Gasteiger partial charge is 0.497 e. The van der Waals surface area contributed by atoms with Crippen molar-refractivity contribution in [2.24, 2.45) is 0 Å². The standard InChI is InChI=1S/C27H23ClN4O3/c1-18-7-3-4-9-20(18)16-30-17-29-25-24(30)26(33)31(15-19-8-5-12-23(13-19)35-2)27(34)32(25)22-11-6-10-21(28)14-22/h3-14,17H,15-16H2,1-2H3. The van der Waals surface area contributed by atoms with Gasteiger partial charge < -0.3 is 9.30 Å². The van der Waals surface area contributed by atoms with Crippen molar-refractivity contribution in [1.82, 2.24) is 18.7 Å². The second-order valence-corrected chi connectivity index (χ2v) is 8.75. The summed E-state index contributed by atoms with van der Waals surface area (Å²) in [4.78, 5) is 31.9. The molecular formula is C27H23ClN4O3. The highest BCUT2D eigenvalue weighted by Gasteiger charge is 2.20. The molecular weight excluding hydrogens is 464 g/mol. The quantitative estimate of drug-likeness (QED) is 0.356. The lowest BCUT2D eigenvalue weighted by atomic mass is 10.1. The molecule has 0 amide bonds. The van der Waals surface area contributed by atoms with Gasteiger partial charge in [0.2, 0.25) is 0 Å². The van der Waals surface area contributed by atoms with Gasteiger partial charge in [-0.3, -0.25) is 9.36 Å². The fourth-order valence-corrected chi connectivity index (χ4v) is 4.40. The lowest BCUT2D eigenvalue weighted by Crippen LogP contribution is -2.40. The first-order valence-electron chi connectivity index (χ1n) is 11.1. The van der Waals surface area contributed by atoms with Crippen molar-refractivity contribution in [3.05, 3.63) is 122 Å². The highest BCUT2D eigenvalue weighted by Crippen LogP contribution is 2.19. The molecule has 0 aliphatic rings. The molecule has 3 aromatic carbocycles. The molecule has 7 nitrogen and oxygen atoms in total. The fraction of sp³-hybridized carbons (Fsp3) is 0.148. The predicted molar refractivity (Wildman–Crippen MR) is 137 cm³/mol. The van der Waals surface area contributed by atoms with Gasteiger partial charge in [-0.25, -0.2) is 14.3 Å². The van der Waals surface area contributed by atoms with E-state index in [4.69, 9.17) is 16.3 Å². The molecule has 0 saturated heterocycles. The topological polar surface area (TPSA) is 71.1 Å². The molecule has 176 valence electrons. The van der Waals surface area contributed by atoms with Gasteiger partial charge in [-0.15, -0.1) is 0 Å². The van der Waals surface area contributed by atoms with Gasteiger partial charge in [0.15, 0.2) is 11.2 Å². The Morgan fingerprint density at radius 2 is 1.74 bits per heavy atom. The van der Waals surface area contributed by atoms with Crippen LogP contribution in [0.5, 0.6) is 5.75 Å². The summed E-state index contributed by atoms with van der Waals surface area (Å²) in [5.74, 6) is 0.649. The number of aryl methyl sites for hydroxylation is 1. The first kappa shape index (κ1) is 22.7. The van der Waals surface area contributed by atoms with Gasteiger partial charge in [0.25, 0.3) is 5.56 Å². The van der Waals surface area contributed by atoms with Crippen LogP contribution in [0.15, 0.2) is 88.7 Å². The molecule has 0 atom stereocenters. The normalized spacial score (nSPS) is 11.2. The number of nitrogens with zero attached hydrogens (tertiary/aromatic N) is 4. The van der Waals surface area contributed by atoms with Crippen LogP contribution in [-0.4, -0.2) is 25.8 Å². The number of hydrogen-bond acceptors (Lipinski definition) is 4. The maximum atomic E-state index is 13.7. The Morgan fingerprint density at radius 1 is 0.943 bits per heavy atom. The molecule has 0 aliphatic heterocycles. The molecule has 0 spiro atoms. The number of halogens is 1. The van der Waals surface area contributed by atoms with Gasteiger partial charge >= 0.3 is 5.69 Å². The van der Waals surface area contributed by atoms with Gasteiger partial charge in [-0.2, -0.15) is 0 Å². The molecule has 2 heterocycles. The molecule has 0 saturated carbocycles. The first-order chi connectivity index (χ1) is 17.0. The average Bonchev–Trinajstić information content (AvgIpc) is 3.27. The van der Waals surface area contributed by atoms with E-state index in [0.717, 1.165) is 16.7 Å². The number of imidazole rings is 1. The number of ether oxygens (including phenoxy) is 1. The number of hydrogen-bond donors (Lipinski definition) is 0. The summed E-state index contributed by atoms with van der Waals surface area (Å²) in [6, 6.07) is 22.2. The van der Waals surface area contributed by atoms with Gasteiger partial charge in [0, 0.05) is 11.6 Å². The number of fused-ring (bicyclic) bond motifs is 1. The van der Waals surface area contributed by atoms with E-state index in [-0.39, 0.29) is 12.2 Å². The molecule has 2 aromatic heterocycles. The number of aromatic nitrogens is 4. The van der Waals surface area contributed by atoms with Crippen LogP contribution in [0.3, 0.4) is 0 Å². The highest BCUT2D eigenvalue weighted by atomic mass is 35.5. The summed E-state index contributed by atoms with van der Waals surface area (Å²) in [7, 11) is 1.58. The maximum absolute atomic E-state index is 13.7. The van der Waals surface area contributed by atoms with E-state index in [1.54, 1.807) is 42.3 Å². The van der Waals surface area contributed by atoms with Crippen LogP contribution in [0.2, 0.25) is 5.02 Å². The van der Waals surface area contributed by atoms with E-state index >= 15 is 0 Å². The van der Waals surface area contributed by atoms with Crippen LogP contribution in [0.1, 0.15) is 16.7 Å². The number of rotatable bonds is 6. The SMILES string of the molecule is COc1cccc(Cn2c(=O)c3c(ncn3Cc3ccccc3C)n(-c3cccc(Cl)c3)c2=O)c1.